The number of para-hydroxylation sites is 1. The van der Waals surface area contributed by atoms with Gasteiger partial charge in [0, 0.05) is 16.2 Å². The first kappa shape index (κ1) is 23.4. The van der Waals surface area contributed by atoms with Crippen molar-refractivity contribution in [3.8, 4) is 17.2 Å². The molecule has 0 saturated carbocycles. The second-order valence-electron chi connectivity index (χ2n) is 7.28. The molecule has 0 atom stereocenters. The number of fused-ring (bicyclic) bond motifs is 1. The minimum absolute atomic E-state index is 0.307. The minimum Gasteiger partial charge on any atom is -0.493 e. The van der Waals surface area contributed by atoms with E-state index in [-0.39, 0.29) is 5.91 Å². The zero-order valence-electron chi connectivity index (χ0n) is 19.6. The van der Waals surface area contributed by atoms with Gasteiger partial charge in [0.05, 0.1) is 27.0 Å². The van der Waals surface area contributed by atoms with Crippen LogP contribution in [0.15, 0.2) is 52.4 Å². The maximum atomic E-state index is 13.2. The van der Waals surface area contributed by atoms with E-state index in [0.717, 1.165) is 22.0 Å². The number of aryl methyl sites for hydroxylation is 2. The van der Waals surface area contributed by atoms with Crippen LogP contribution >= 0.6 is 11.8 Å². The Hall–Kier alpha value is -3.79. The van der Waals surface area contributed by atoms with Crippen LogP contribution in [0.25, 0.3) is 5.78 Å². The normalized spacial score (nSPS) is 10.9. The molecule has 176 valence electrons. The number of methoxy groups -OCH3 is 3. The van der Waals surface area contributed by atoms with Gasteiger partial charge in [0.1, 0.15) is 10.9 Å². The fourth-order valence-electron chi connectivity index (χ4n) is 3.42. The van der Waals surface area contributed by atoms with Gasteiger partial charge in [-0.2, -0.15) is 9.50 Å². The monoisotopic (exact) mass is 479 g/mol. The smallest absolute Gasteiger partial charge is 0.255 e. The fraction of sp³-hybridized carbons (Fsp3) is 0.250. The number of nitrogens with one attached hydrogen (secondary N) is 1. The van der Waals surface area contributed by atoms with Crippen molar-refractivity contribution in [2.75, 3.05) is 26.6 Å². The van der Waals surface area contributed by atoms with Crippen molar-refractivity contribution in [3.05, 3.63) is 59.5 Å². The molecule has 34 heavy (non-hydrogen) atoms. The lowest BCUT2D eigenvalue weighted by Crippen LogP contribution is -2.13. The summed E-state index contributed by atoms with van der Waals surface area (Å²) in [6, 6.07) is 12.8. The Balaban J connectivity index is 1.67. The molecule has 0 aliphatic carbocycles. The Morgan fingerprint density at radius 2 is 1.74 bits per heavy atom. The van der Waals surface area contributed by atoms with Crippen molar-refractivity contribution in [1.29, 1.82) is 0 Å². The number of aromatic nitrogens is 4. The third-order valence-electron chi connectivity index (χ3n) is 5.08. The van der Waals surface area contributed by atoms with E-state index < -0.39 is 0 Å². The van der Waals surface area contributed by atoms with Gasteiger partial charge in [-0.3, -0.25) is 4.79 Å². The first-order valence-electron chi connectivity index (χ1n) is 10.6. The van der Waals surface area contributed by atoms with Crippen molar-refractivity contribution >= 4 is 29.1 Å². The number of hydrogen-bond donors (Lipinski definition) is 1. The summed E-state index contributed by atoms with van der Waals surface area (Å²) >= 11 is 1.48. The van der Waals surface area contributed by atoms with Crippen LogP contribution in [0.1, 0.15) is 28.8 Å². The lowest BCUT2D eigenvalue weighted by Gasteiger charge is -2.15. The lowest BCUT2D eigenvalue weighted by molar-refractivity contribution is 0.102. The number of ether oxygens (including phenoxy) is 3. The summed E-state index contributed by atoms with van der Waals surface area (Å²) in [5, 5.41) is 8.33. The van der Waals surface area contributed by atoms with Crippen LogP contribution in [0.2, 0.25) is 0 Å². The summed E-state index contributed by atoms with van der Waals surface area (Å²) in [4.78, 5) is 23.0. The van der Waals surface area contributed by atoms with Crippen molar-refractivity contribution in [2.45, 2.75) is 30.2 Å². The van der Waals surface area contributed by atoms with E-state index >= 15 is 0 Å². The van der Waals surface area contributed by atoms with Crippen molar-refractivity contribution < 1.29 is 19.0 Å². The molecule has 0 bridgehead atoms. The minimum atomic E-state index is -0.307. The average molecular weight is 480 g/mol. The van der Waals surface area contributed by atoms with E-state index in [0.29, 0.717) is 40.1 Å². The standard InChI is InChI=1S/C24H25N5O4S/c1-6-16-13-21(29-24(26-16)25-14(2)28-29)34-20-10-8-7-9-17(20)27-23(30)15-11-18(31-3)22(33-5)19(12-15)32-4/h7-13H,6H2,1-5H3,(H,27,30). The Kier molecular flexibility index (Phi) is 6.87. The molecule has 0 aliphatic heterocycles. The van der Waals surface area contributed by atoms with Gasteiger partial charge in [-0.05, 0) is 43.7 Å². The molecule has 4 rings (SSSR count). The van der Waals surface area contributed by atoms with Crippen molar-refractivity contribution in [2.24, 2.45) is 0 Å². The Bertz CT molecular complexity index is 1330. The van der Waals surface area contributed by atoms with Gasteiger partial charge in [-0.25, -0.2) is 4.98 Å². The maximum Gasteiger partial charge on any atom is 0.255 e. The topological polar surface area (TPSA) is 99.9 Å². The highest BCUT2D eigenvalue weighted by molar-refractivity contribution is 7.99. The van der Waals surface area contributed by atoms with Gasteiger partial charge in [0.15, 0.2) is 11.5 Å². The molecule has 2 aromatic carbocycles. The lowest BCUT2D eigenvalue weighted by atomic mass is 10.1. The van der Waals surface area contributed by atoms with E-state index in [1.54, 1.807) is 16.6 Å². The molecule has 2 aromatic heterocycles. The summed E-state index contributed by atoms with van der Waals surface area (Å²) in [5.41, 5.74) is 1.95. The number of carbonyl (C=O) groups is 1. The Morgan fingerprint density at radius 3 is 2.38 bits per heavy atom. The molecule has 4 aromatic rings. The van der Waals surface area contributed by atoms with E-state index in [1.165, 1.54) is 33.1 Å². The molecule has 0 fully saturated rings. The largest absolute Gasteiger partial charge is 0.493 e. The van der Waals surface area contributed by atoms with Crippen LogP contribution in [-0.2, 0) is 6.42 Å². The summed E-state index contributed by atoms with van der Waals surface area (Å²) in [6.07, 6.45) is 0.773. The molecule has 0 radical (unpaired) electrons. The fourth-order valence-corrected chi connectivity index (χ4v) is 4.43. The van der Waals surface area contributed by atoms with Gasteiger partial charge in [0.2, 0.25) is 5.75 Å². The number of carbonyl (C=O) groups excluding carboxylic acids is 1. The first-order chi connectivity index (χ1) is 16.5. The molecule has 0 spiro atoms. The Labute approximate surface area is 201 Å². The highest BCUT2D eigenvalue weighted by Gasteiger charge is 2.19. The number of amides is 1. The van der Waals surface area contributed by atoms with E-state index in [4.69, 9.17) is 14.2 Å². The van der Waals surface area contributed by atoms with Crippen LogP contribution in [0.3, 0.4) is 0 Å². The summed E-state index contributed by atoms with van der Waals surface area (Å²) in [5.74, 6) is 2.13. The first-order valence-corrected chi connectivity index (χ1v) is 11.4. The number of hydrogen-bond acceptors (Lipinski definition) is 8. The quantitative estimate of drug-likeness (QED) is 0.371. The Morgan fingerprint density at radius 1 is 1.03 bits per heavy atom. The predicted molar refractivity (Wildman–Crippen MR) is 130 cm³/mol. The van der Waals surface area contributed by atoms with Crippen molar-refractivity contribution in [3.63, 3.8) is 0 Å². The molecule has 10 heteroatoms. The van der Waals surface area contributed by atoms with E-state index in [1.807, 2.05) is 44.2 Å². The number of nitrogens with zero attached hydrogens (tertiary/aromatic N) is 4. The van der Waals surface area contributed by atoms with Gasteiger partial charge in [0.25, 0.3) is 11.7 Å². The summed E-state index contributed by atoms with van der Waals surface area (Å²) in [6.45, 7) is 3.88. The molecular formula is C24H25N5O4S. The molecule has 0 saturated heterocycles. The highest BCUT2D eigenvalue weighted by atomic mass is 32.2. The van der Waals surface area contributed by atoms with Gasteiger partial charge >= 0.3 is 0 Å². The summed E-state index contributed by atoms with van der Waals surface area (Å²) < 4.78 is 17.8. The molecule has 1 N–H and O–H groups in total. The average Bonchev–Trinajstić information content (AvgIpc) is 3.24. The highest BCUT2D eigenvalue weighted by Crippen LogP contribution is 2.39. The second kappa shape index (κ2) is 10.0. The molecule has 2 heterocycles. The van der Waals surface area contributed by atoms with Crippen LogP contribution in [0, 0.1) is 6.92 Å². The second-order valence-corrected chi connectivity index (χ2v) is 8.34. The number of benzene rings is 2. The molecule has 0 aliphatic rings. The van der Waals surface area contributed by atoms with Crippen LogP contribution in [0.5, 0.6) is 17.2 Å². The van der Waals surface area contributed by atoms with Crippen LogP contribution in [-0.4, -0.2) is 46.8 Å². The molecule has 9 nitrogen and oxygen atoms in total. The van der Waals surface area contributed by atoms with Gasteiger partial charge in [-0.15, -0.1) is 5.10 Å². The van der Waals surface area contributed by atoms with Crippen LogP contribution < -0.4 is 19.5 Å². The van der Waals surface area contributed by atoms with E-state index in [2.05, 4.69) is 20.4 Å². The molecular weight excluding hydrogens is 454 g/mol. The van der Waals surface area contributed by atoms with Gasteiger partial charge < -0.3 is 19.5 Å². The van der Waals surface area contributed by atoms with Crippen molar-refractivity contribution in [1.82, 2.24) is 19.6 Å². The third-order valence-corrected chi connectivity index (χ3v) is 6.15. The number of rotatable bonds is 8. The SMILES string of the molecule is CCc1cc(Sc2ccccc2NC(=O)c2cc(OC)c(OC)c(OC)c2)n2nc(C)nc2n1. The predicted octanol–water partition coefficient (Wildman–Crippen LogP) is 4.42. The molecule has 0 unspecified atom stereocenters. The van der Waals surface area contributed by atoms with Gasteiger partial charge in [-0.1, -0.05) is 30.8 Å². The zero-order valence-corrected chi connectivity index (χ0v) is 20.4. The molecule has 1 amide bonds. The van der Waals surface area contributed by atoms with E-state index in [9.17, 15) is 4.79 Å². The third kappa shape index (κ3) is 4.62. The maximum absolute atomic E-state index is 13.2. The van der Waals surface area contributed by atoms with Crippen LogP contribution in [0.4, 0.5) is 5.69 Å². The number of anilines is 1. The zero-order chi connectivity index (χ0) is 24.2. The summed E-state index contributed by atoms with van der Waals surface area (Å²) in [7, 11) is 4.54.